The van der Waals surface area contributed by atoms with E-state index in [4.69, 9.17) is 23.2 Å². The first kappa shape index (κ1) is 13.7. The average Bonchev–Trinajstić information content (AvgIpc) is 2.83. The van der Waals surface area contributed by atoms with Crippen LogP contribution in [0.3, 0.4) is 0 Å². The molecule has 0 saturated carbocycles. The van der Waals surface area contributed by atoms with Crippen molar-refractivity contribution in [3.8, 4) is 0 Å². The zero-order chi connectivity index (χ0) is 14.3. The van der Waals surface area contributed by atoms with E-state index in [1.807, 2.05) is 4.90 Å². The predicted molar refractivity (Wildman–Crippen MR) is 78.6 cm³/mol. The number of halogens is 2. The molecule has 1 aliphatic rings. The number of hydrogen-bond donors (Lipinski definition) is 0. The van der Waals surface area contributed by atoms with Crippen molar-refractivity contribution in [1.29, 1.82) is 0 Å². The zero-order valence-electron chi connectivity index (χ0n) is 11.0. The minimum absolute atomic E-state index is 0.0611. The monoisotopic (exact) mass is 312 g/mol. The Balaban J connectivity index is 1.90. The highest BCUT2D eigenvalue weighted by Crippen LogP contribution is 2.22. The number of carbonyl (C=O) groups excluding carboxylic acids is 1. The standard InChI is InChI=1S/C13H14Cl2N4O/c1-17-2-4-18(5-3-17)13(20)11-8-19-7-9(14)6-10(15)12(19)16-11/h6-8H,2-5H2,1H3. The Labute approximate surface area is 126 Å². The molecule has 3 heterocycles. The van der Waals surface area contributed by atoms with E-state index >= 15 is 0 Å². The lowest BCUT2D eigenvalue weighted by molar-refractivity contribution is 0.0659. The minimum atomic E-state index is -0.0611. The molecule has 0 atom stereocenters. The summed E-state index contributed by atoms with van der Waals surface area (Å²) in [6.07, 6.45) is 3.37. The van der Waals surface area contributed by atoms with Crippen LogP contribution in [-0.4, -0.2) is 58.3 Å². The lowest BCUT2D eigenvalue weighted by atomic mass is 10.3. The summed E-state index contributed by atoms with van der Waals surface area (Å²) in [6.45, 7) is 3.20. The van der Waals surface area contributed by atoms with Crippen LogP contribution in [0.25, 0.3) is 5.65 Å². The lowest BCUT2D eigenvalue weighted by Crippen LogP contribution is -2.47. The summed E-state index contributed by atoms with van der Waals surface area (Å²) in [5, 5.41) is 0.952. The van der Waals surface area contributed by atoms with Gasteiger partial charge in [0.1, 0.15) is 5.69 Å². The van der Waals surface area contributed by atoms with Crippen molar-refractivity contribution in [2.45, 2.75) is 0 Å². The number of carbonyl (C=O) groups is 1. The molecular formula is C13H14Cl2N4O. The van der Waals surface area contributed by atoms with Gasteiger partial charge in [0.05, 0.1) is 10.0 Å². The van der Waals surface area contributed by atoms with E-state index in [1.165, 1.54) is 0 Å². The number of fused-ring (bicyclic) bond motifs is 1. The molecule has 1 saturated heterocycles. The molecule has 3 rings (SSSR count). The highest BCUT2D eigenvalue weighted by atomic mass is 35.5. The molecule has 0 radical (unpaired) electrons. The SMILES string of the molecule is CN1CCN(C(=O)c2cn3cc(Cl)cc(Cl)c3n2)CC1. The van der Waals surface area contributed by atoms with Crippen molar-refractivity contribution in [2.75, 3.05) is 33.2 Å². The maximum atomic E-state index is 12.4. The number of rotatable bonds is 1. The molecule has 1 aliphatic heterocycles. The second-order valence-electron chi connectivity index (χ2n) is 4.96. The first-order valence-electron chi connectivity index (χ1n) is 6.36. The molecular weight excluding hydrogens is 299 g/mol. The molecule has 0 aromatic carbocycles. The largest absolute Gasteiger partial charge is 0.335 e. The van der Waals surface area contributed by atoms with E-state index in [0.29, 0.717) is 21.4 Å². The third-order valence-corrected chi connectivity index (χ3v) is 3.97. The number of aromatic nitrogens is 2. The summed E-state index contributed by atoms with van der Waals surface area (Å²) in [6, 6.07) is 1.62. The fourth-order valence-electron chi connectivity index (χ4n) is 2.30. The van der Waals surface area contributed by atoms with Crippen molar-refractivity contribution >= 4 is 34.8 Å². The van der Waals surface area contributed by atoms with Crippen LogP contribution in [0, 0.1) is 0 Å². The molecule has 2 aromatic rings. The topological polar surface area (TPSA) is 40.9 Å². The third kappa shape index (κ3) is 2.49. The van der Waals surface area contributed by atoms with Gasteiger partial charge in [-0.15, -0.1) is 0 Å². The molecule has 0 spiro atoms. The van der Waals surface area contributed by atoms with Gasteiger partial charge in [-0.1, -0.05) is 23.2 Å². The highest BCUT2D eigenvalue weighted by molar-refractivity contribution is 6.36. The highest BCUT2D eigenvalue weighted by Gasteiger charge is 2.22. The Kier molecular flexibility index (Phi) is 3.58. The van der Waals surface area contributed by atoms with Gasteiger partial charge in [0.25, 0.3) is 5.91 Å². The number of pyridine rings is 1. The second kappa shape index (κ2) is 5.24. The van der Waals surface area contributed by atoms with Gasteiger partial charge >= 0.3 is 0 Å². The maximum Gasteiger partial charge on any atom is 0.274 e. The van der Waals surface area contributed by atoms with E-state index < -0.39 is 0 Å². The van der Waals surface area contributed by atoms with Crippen LogP contribution in [-0.2, 0) is 0 Å². The number of piperazine rings is 1. The van der Waals surface area contributed by atoms with Gasteiger partial charge in [0, 0.05) is 38.6 Å². The smallest absolute Gasteiger partial charge is 0.274 e. The Bertz CT molecular complexity index is 662. The van der Waals surface area contributed by atoms with Gasteiger partial charge in [-0.2, -0.15) is 0 Å². The molecule has 106 valence electrons. The summed E-state index contributed by atoms with van der Waals surface area (Å²) >= 11 is 12.0. The molecule has 0 aliphatic carbocycles. The quantitative estimate of drug-likeness (QED) is 0.809. The number of nitrogens with zero attached hydrogens (tertiary/aromatic N) is 4. The van der Waals surface area contributed by atoms with Crippen LogP contribution in [0.1, 0.15) is 10.5 Å². The number of likely N-dealkylation sites (N-methyl/N-ethyl adjacent to an activating group) is 1. The van der Waals surface area contributed by atoms with Crippen molar-refractivity contribution in [3.05, 3.63) is 34.2 Å². The van der Waals surface area contributed by atoms with Crippen LogP contribution >= 0.6 is 23.2 Å². The van der Waals surface area contributed by atoms with Gasteiger partial charge in [-0.25, -0.2) is 4.98 Å². The van der Waals surface area contributed by atoms with Crippen LogP contribution in [0.15, 0.2) is 18.5 Å². The summed E-state index contributed by atoms with van der Waals surface area (Å²) in [7, 11) is 2.05. The van der Waals surface area contributed by atoms with E-state index in [2.05, 4.69) is 16.9 Å². The number of hydrogen-bond acceptors (Lipinski definition) is 3. The van der Waals surface area contributed by atoms with Crippen LogP contribution in [0.2, 0.25) is 10.0 Å². The Morgan fingerprint density at radius 1 is 1.20 bits per heavy atom. The fraction of sp³-hybridized carbons (Fsp3) is 0.385. The molecule has 5 nitrogen and oxygen atoms in total. The summed E-state index contributed by atoms with van der Waals surface area (Å²) < 4.78 is 1.69. The Morgan fingerprint density at radius 3 is 2.60 bits per heavy atom. The fourth-order valence-corrected chi connectivity index (χ4v) is 2.83. The van der Waals surface area contributed by atoms with Gasteiger partial charge in [-0.3, -0.25) is 4.79 Å². The predicted octanol–water partition coefficient (Wildman–Crippen LogP) is 2.03. The first-order chi connectivity index (χ1) is 9.54. The number of imidazole rings is 1. The Morgan fingerprint density at radius 2 is 1.90 bits per heavy atom. The van der Waals surface area contributed by atoms with Crippen molar-refractivity contribution in [1.82, 2.24) is 19.2 Å². The zero-order valence-corrected chi connectivity index (χ0v) is 12.5. The van der Waals surface area contributed by atoms with Gasteiger partial charge < -0.3 is 14.2 Å². The van der Waals surface area contributed by atoms with Crippen molar-refractivity contribution < 1.29 is 4.79 Å². The molecule has 0 bridgehead atoms. The molecule has 7 heteroatoms. The Hall–Kier alpha value is -1.30. The number of amides is 1. The van der Waals surface area contributed by atoms with Gasteiger partial charge in [0.2, 0.25) is 0 Å². The van der Waals surface area contributed by atoms with E-state index in [-0.39, 0.29) is 5.91 Å². The maximum absolute atomic E-state index is 12.4. The van der Waals surface area contributed by atoms with Crippen LogP contribution in [0.5, 0.6) is 0 Å². The van der Waals surface area contributed by atoms with Crippen molar-refractivity contribution in [2.24, 2.45) is 0 Å². The summed E-state index contributed by atoms with van der Waals surface area (Å²) in [4.78, 5) is 20.8. The molecule has 1 amide bonds. The van der Waals surface area contributed by atoms with Crippen LogP contribution < -0.4 is 0 Å². The molecule has 0 unspecified atom stereocenters. The van der Waals surface area contributed by atoms with Gasteiger partial charge in [0.15, 0.2) is 5.65 Å². The lowest BCUT2D eigenvalue weighted by Gasteiger charge is -2.31. The second-order valence-corrected chi connectivity index (χ2v) is 5.80. The van der Waals surface area contributed by atoms with Crippen LogP contribution in [0.4, 0.5) is 0 Å². The van der Waals surface area contributed by atoms with E-state index in [1.54, 1.807) is 22.9 Å². The summed E-state index contributed by atoms with van der Waals surface area (Å²) in [5.74, 6) is -0.0611. The molecule has 1 fully saturated rings. The third-order valence-electron chi connectivity index (χ3n) is 3.48. The first-order valence-corrected chi connectivity index (χ1v) is 7.12. The van der Waals surface area contributed by atoms with E-state index in [0.717, 1.165) is 26.2 Å². The van der Waals surface area contributed by atoms with Gasteiger partial charge in [-0.05, 0) is 13.1 Å². The molecule has 20 heavy (non-hydrogen) atoms. The summed E-state index contributed by atoms with van der Waals surface area (Å²) in [5.41, 5.74) is 0.951. The minimum Gasteiger partial charge on any atom is -0.335 e. The molecule has 2 aromatic heterocycles. The van der Waals surface area contributed by atoms with E-state index in [9.17, 15) is 4.79 Å². The van der Waals surface area contributed by atoms with Crippen molar-refractivity contribution in [3.63, 3.8) is 0 Å². The average molecular weight is 313 g/mol. The normalized spacial score (nSPS) is 16.9. The molecule has 0 N–H and O–H groups in total.